The molecule has 2 aromatic rings. The van der Waals surface area contributed by atoms with E-state index in [9.17, 15) is 5.11 Å². The quantitative estimate of drug-likeness (QED) is 0.917. The number of benzene rings is 1. The van der Waals surface area contributed by atoms with E-state index < -0.39 is 6.10 Å². The molecule has 2 atom stereocenters. The number of aliphatic hydroxyl groups is 1. The first-order valence-electron chi connectivity index (χ1n) is 7.18. The zero-order valence-electron chi connectivity index (χ0n) is 11.7. The van der Waals surface area contributed by atoms with E-state index in [1.165, 1.54) is 11.5 Å². The monoisotopic (exact) mass is 323 g/mol. The van der Waals surface area contributed by atoms with Crippen LogP contribution in [-0.2, 0) is 6.54 Å². The van der Waals surface area contributed by atoms with Crippen LogP contribution in [0.1, 0.15) is 36.6 Å². The van der Waals surface area contributed by atoms with E-state index in [4.69, 9.17) is 11.6 Å². The number of aliphatic hydroxyl groups excluding tert-OH is 1. The molecule has 4 nitrogen and oxygen atoms in total. The van der Waals surface area contributed by atoms with E-state index in [0.717, 1.165) is 43.6 Å². The van der Waals surface area contributed by atoms with E-state index in [0.29, 0.717) is 10.4 Å². The van der Waals surface area contributed by atoms with E-state index >= 15 is 0 Å². The zero-order valence-corrected chi connectivity index (χ0v) is 13.2. The summed E-state index contributed by atoms with van der Waals surface area (Å²) >= 11 is 7.31. The van der Waals surface area contributed by atoms with Crippen LogP contribution in [0.2, 0.25) is 4.34 Å². The summed E-state index contributed by atoms with van der Waals surface area (Å²) in [7, 11) is 0. The van der Waals surface area contributed by atoms with E-state index in [-0.39, 0.29) is 0 Å². The molecular formula is C15H18ClN3OS. The molecular weight excluding hydrogens is 306 g/mol. The van der Waals surface area contributed by atoms with Crippen molar-refractivity contribution >= 4 is 23.1 Å². The Morgan fingerprint density at radius 2 is 2.19 bits per heavy atom. The van der Waals surface area contributed by atoms with Crippen LogP contribution in [0.25, 0.3) is 0 Å². The minimum Gasteiger partial charge on any atom is -0.388 e. The highest BCUT2D eigenvalue weighted by atomic mass is 35.5. The molecule has 3 rings (SSSR count). The van der Waals surface area contributed by atoms with Crippen LogP contribution in [0, 0.1) is 0 Å². The minimum atomic E-state index is -0.416. The molecule has 0 saturated carbocycles. The molecule has 2 heterocycles. The maximum Gasteiger partial charge on any atom is 0.138 e. The van der Waals surface area contributed by atoms with Crippen molar-refractivity contribution in [1.82, 2.24) is 14.5 Å². The van der Waals surface area contributed by atoms with Gasteiger partial charge in [0.2, 0.25) is 0 Å². The second kappa shape index (κ2) is 6.83. The first-order valence-corrected chi connectivity index (χ1v) is 8.33. The average molecular weight is 324 g/mol. The minimum absolute atomic E-state index is 0.373. The Morgan fingerprint density at radius 3 is 2.90 bits per heavy atom. The second-order valence-electron chi connectivity index (χ2n) is 5.42. The van der Waals surface area contributed by atoms with Crippen molar-refractivity contribution < 1.29 is 5.11 Å². The van der Waals surface area contributed by atoms with Crippen LogP contribution >= 0.6 is 23.1 Å². The number of aromatic nitrogens is 2. The van der Waals surface area contributed by atoms with Gasteiger partial charge in [0.15, 0.2) is 0 Å². The van der Waals surface area contributed by atoms with Gasteiger partial charge in [0, 0.05) is 24.1 Å². The lowest BCUT2D eigenvalue weighted by Gasteiger charge is -2.25. The Morgan fingerprint density at radius 1 is 1.38 bits per heavy atom. The third kappa shape index (κ3) is 3.61. The van der Waals surface area contributed by atoms with Gasteiger partial charge in [-0.1, -0.05) is 46.4 Å². The van der Waals surface area contributed by atoms with Gasteiger partial charge in [0.25, 0.3) is 0 Å². The van der Waals surface area contributed by atoms with Crippen LogP contribution in [-0.4, -0.2) is 32.2 Å². The van der Waals surface area contributed by atoms with Crippen LogP contribution in [0.5, 0.6) is 0 Å². The fourth-order valence-corrected chi connectivity index (χ4v) is 3.53. The van der Waals surface area contributed by atoms with Crippen molar-refractivity contribution in [3.63, 3.8) is 0 Å². The first kappa shape index (κ1) is 14.9. The number of halogens is 1. The van der Waals surface area contributed by atoms with Gasteiger partial charge in [-0.05, 0) is 31.4 Å². The molecule has 1 saturated heterocycles. The first-order chi connectivity index (χ1) is 10.2. The smallest absolute Gasteiger partial charge is 0.138 e. The predicted molar refractivity (Wildman–Crippen MR) is 84.4 cm³/mol. The number of nitrogens with zero attached hydrogens (tertiary/aromatic N) is 3. The van der Waals surface area contributed by atoms with Gasteiger partial charge in [0.1, 0.15) is 10.0 Å². The molecule has 112 valence electrons. The molecule has 0 spiro atoms. The Balaban J connectivity index is 1.63. The normalized spacial score (nSPS) is 20.8. The third-order valence-electron chi connectivity index (χ3n) is 4.04. The summed E-state index contributed by atoms with van der Waals surface area (Å²) in [4.78, 5) is 2.36. The summed E-state index contributed by atoms with van der Waals surface area (Å²) in [6.07, 6.45) is 2.60. The summed E-state index contributed by atoms with van der Waals surface area (Å²) < 4.78 is 4.55. The second-order valence-corrected chi connectivity index (χ2v) is 6.78. The molecule has 21 heavy (non-hydrogen) atoms. The van der Waals surface area contributed by atoms with Gasteiger partial charge < -0.3 is 5.11 Å². The summed E-state index contributed by atoms with van der Waals surface area (Å²) in [6, 6.07) is 10.2. The molecule has 1 fully saturated rings. The molecule has 0 aliphatic carbocycles. The highest BCUT2D eigenvalue weighted by Gasteiger charge is 2.28. The third-order valence-corrected chi connectivity index (χ3v) is 5.03. The summed E-state index contributed by atoms with van der Waals surface area (Å²) in [5, 5.41) is 14.5. The van der Waals surface area contributed by atoms with Gasteiger partial charge in [-0.25, -0.2) is 0 Å². The summed E-state index contributed by atoms with van der Waals surface area (Å²) in [5.74, 6) is 0. The maximum absolute atomic E-state index is 10.4. The fourth-order valence-electron chi connectivity index (χ4n) is 2.92. The highest BCUT2D eigenvalue weighted by molar-refractivity contribution is 7.10. The van der Waals surface area contributed by atoms with Gasteiger partial charge in [0.05, 0.1) is 6.10 Å². The molecule has 1 aliphatic rings. The lowest BCUT2D eigenvalue weighted by molar-refractivity contribution is 0.117. The Hall–Kier alpha value is -1.01. The van der Waals surface area contributed by atoms with E-state index in [2.05, 4.69) is 14.5 Å². The van der Waals surface area contributed by atoms with Gasteiger partial charge in [-0.3, -0.25) is 4.90 Å². The molecule has 1 aliphatic heterocycles. The predicted octanol–water partition coefficient (Wildman–Crippen LogP) is 3.28. The lowest BCUT2D eigenvalue weighted by Crippen LogP contribution is -2.30. The van der Waals surface area contributed by atoms with Gasteiger partial charge >= 0.3 is 0 Å². The number of likely N-dealkylation sites (tertiary alicyclic amines) is 1. The van der Waals surface area contributed by atoms with Crippen molar-refractivity contribution in [3.05, 3.63) is 45.9 Å². The molecule has 1 aromatic heterocycles. The van der Waals surface area contributed by atoms with E-state index in [1.54, 1.807) is 0 Å². The average Bonchev–Trinajstić information content (AvgIpc) is 3.11. The standard InChI is InChI=1S/C15H18ClN3OS/c16-15-13(17-18-21-15)10-19-8-4-7-12(19)9-14(20)11-5-2-1-3-6-11/h1-3,5-6,12,14,20H,4,7-10H2. The highest BCUT2D eigenvalue weighted by Crippen LogP contribution is 2.29. The van der Waals surface area contributed by atoms with Crippen LogP contribution in [0.3, 0.4) is 0 Å². The summed E-state index contributed by atoms with van der Waals surface area (Å²) in [6.45, 7) is 1.75. The zero-order chi connectivity index (χ0) is 14.7. The van der Waals surface area contributed by atoms with Crippen molar-refractivity contribution in [2.75, 3.05) is 6.54 Å². The van der Waals surface area contributed by atoms with Crippen molar-refractivity contribution in [2.45, 2.75) is 38.0 Å². The maximum atomic E-state index is 10.4. The van der Waals surface area contributed by atoms with Crippen molar-refractivity contribution in [1.29, 1.82) is 0 Å². The van der Waals surface area contributed by atoms with Crippen LogP contribution < -0.4 is 0 Å². The number of hydrogen-bond acceptors (Lipinski definition) is 5. The van der Waals surface area contributed by atoms with Crippen LogP contribution in [0.4, 0.5) is 0 Å². The molecule has 0 radical (unpaired) electrons. The van der Waals surface area contributed by atoms with Crippen molar-refractivity contribution in [2.24, 2.45) is 0 Å². The Kier molecular flexibility index (Phi) is 4.85. The topological polar surface area (TPSA) is 49.2 Å². The fraction of sp³-hybridized carbons (Fsp3) is 0.467. The largest absolute Gasteiger partial charge is 0.388 e. The van der Waals surface area contributed by atoms with Gasteiger partial charge in [-0.2, -0.15) is 0 Å². The molecule has 1 aromatic carbocycles. The SMILES string of the molecule is OC(CC1CCCN1Cc1nnsc1Cl)c1ccccc1. The van der Waals surface area contributed by atoms with Crippen molar-refractivity contribution in [3.8, 4) is 0 Å². The van der Waals surface area contributed by atoms with Gasteiger partial charge in [-0.15, -0.1) is 5.10 Å². The lowest BCUT2D eigenvalue weighted by atomic mass is 10.0. The molecule has 1 N–H and O–H groups in total. The number of rotatable bonds is 5. The summed E-state index contributed by atoms with van der Waals surface area (Å²) in [5.41, 5.74) is 1.83. The number of hydrogen-bond donors (Lipinski definition) is 1. The van der Waals surface area contributed by atoms with E-state index in [1.807, 2.05) is 30.3 Å². The molecule has 0 bridgehead atoms. The molecule has 6 heteroatoms. The van der Waals surface area contributed by atoms with Crippen LogP contribution in [0.15, 0.2) is 30.3 Å². The molecule has 0 amide bonds. The Labute approximate surface area is 133 Å². The Bertz CT molecular complexity index is 577. The molecule has 2 unspecified atom stereocenters.